The first-order chi connectivity index (χ1) is 12.9. The standard InChI is InChI=1S/C19H35N5O2S/c1-5-24(6-2)16-10-11-17(3)23-19(20-4)21-14-15-22-27(25,26)18-12-8-7-9-13-18/h7-9,12-13,17,22H,5-6,10-11,14-16H2,1-4H3,(H2,20,21,23). The number of benzene rings is 1. The summed E-state index contributed by atoms with van der Waals surface area (Å²) in [5, 5.41) is 6.50. The summed E-state index contributed by atoms with van der Waals surface area (Å²) in [6, 6.07) is 8.67. The maximum atomic E-state index is 12.2. The van der Waals surface area contributed by atoms with Crippen LogP contribution in [0.25, 0.3) is 0 Å². The van der Waals surface area contributed by atoms with Gasteiger partial charge in [-0.15, -0.1) is 0 Å². The molecular weight excluding hydrogens is 362 g/mol. The van der Waals surface area contributed by atoms with Gasteiger partial charge in [0.1, 0.15) is 0 Å². The molecule has 1 rings (SSSR count). The van der Waals surface area contributed by atoms with E-state index in [-0.39, 0.29) is 11.4 Å². The Morgan fingerprint density at radius 3 is 2.41 bits per heavy atom. The zero-order chi connectivity index (χ0) is 20.1. The van der Waals surface area contributed by atoms with Crippen molar-refractivity contribution in [3.05, 3.63) is 30.3 Å². The Morgan fingerprint density at radius 2 is 1.81 bits per heavy atom. The highest BCUT2D eigenvalue weighted by Gasteiger charge is 2.12. The lowest BCUT2D eigenvalue weighted by Gasteiger charge is -2.21. The fourth-order valence-electron chi connectivity index (χ4n) is 2.71. The molecule has 0 heterocycles. The van der Waals surface area contributed by atoms with E-state index in [1.54, 1.807) is 37.4 Å². The lowest BCUT2D eigenvalue weighted by Crippen LogP contribution is -2.45. The summed E-state index contributed by atoms with van der Waals surface area (Å²) in [5.41, 5.74) is 0. The van der Waals surface area contributed by atoms with Gasteiger partial charge in [-0.3, -0.25) is 4.99 Å². The topological polar surface area (TPSA) is 85.8 Å². The third kappa shape index (κ3) is 9.21. The maximum Gasteiger partial charge on any atom is 0.240 e. The molecule has 0 spiro atoms. The summed E-state index contributed by atoms with van der Waals surface area (Å²) in [6.45, 7) is 10.5. The SMILES string of the molecule is CCN(CC)CCCC(C)NC(=NC)NCCNS(=O)(=O)c1ccccc1. The second-order valence-corrected chi connectivity index (χ2v) is 8.19. The van der Waals surface area contributed by atoms with Gasteiger partial charge in [-0.1, -0.05) is 32.0 Å². The predicted molar refractivity (Wildman–Crippen MR) is 113 cm³/mol. The van der Waals surface area contributed by atoms with Crippen LogP contribution in [0.1, 0.15) is 33.6 Å². The maximum absolute atomic E-state index is 12.2. The second kappa shape index (κ2) is 12.7. The van der Waals surface area contributed by atoms with Gasteiger partial charge in [0.25, 0.3) is 0 Å². The van der Waals surface area contributed by atoms with Gasteiger partial charge < -0.3 is 15.5 Å². The molecule has 0 aliphatic rings. The van der Waals surface area contributed by atoms with Gasteiger partial charge in [0.15, 0.2) is 5.96 Å². The van der Waals surface area contributed by atoms with Gasteiger partial charge in [0, 0.05) is 26.2 Å². The van der Waals surface area contributed by atoms with Crippen molar-refractivity contribution in [2.45, 2.75) is 44.6 Å². The van der Waals surface area contributed by atoms with Gasteiger partial charge in [0.2, 0.25) is 10.0 Å². The lowest BCUT2D eigenvalue weighted by atomic mass is 10.2. The summed E-state index contributed by atoms with van der Waals surface area (Å²) in [4.78, 5) is 6.89. The average Bonchev–Trinajstić information content (AvgIpc) is 2.68. The largest absolute Gasteiger partial charge is 0.355 e. The van der Waals surface area contributed by atoms with Gasteiger partial charge >= 0.3 is 0 Å². The Kier molecular flexibility index (Phi) is 11.0. The van der Waals surface area contributed by atoms with E-state index >= 15 is 0 Å². The van der Waals surface area contributed by atoms with E-state index in [0.29, 0.717) is 18.5 Å². The lowest BCUT2D eigenvalue weighted by molar-refractivity contribution is 0.292. The molecular formula is C19H35N5O2S. The summed E-state index contributed by atoms with van der Waals surface area (Å²) in [6.07, 6.45) is 2.18. The molecule has 0 radical (unpaired) electrons. The minimum atomic E-state index is -3.47. The van der Waals surface area contributed by atoms with Crippen LogP contribution in [0.2, 0.25) is 0 Å². The molecule has 7 nitrogen and oxygen atoms in total. The summed E-state index contributed by atoms with van der Waals surface area (Å²) < 4.78 is 26.9. The van der Waals surface area contributed by atoms with Crippen molar-refractivity contribution >= 4 is 16.0 Å². The van der Waals surface area contributed by atoms with Gasteiger partial charge in [-0.05, 0) is 51.5 Å². The van der Waals surface area contributed by atoms with Gasteiger partial charge in [-0.2, -0.15) is 0 Å². The van der Waals surface area contributed by atoms with Crippen molar-refractivity contribution < 1.29 is 8.42 Å². The van der Waals surface area contributed by atoms with E-state index < -0.39 is 10.0 Å². The number of rotatable bonds is 12. The van der Waals surface area contributed by atoms with Crippen LogP contribution in [0.4, 0.5) is 0 Å². The minimum Gasteiger partial charge on any atom is -0.355 e. The van der Waals surface area contributed by atoms with Gasteiger partial charge in [-0.25, -0.2) is 13.1 Å². The van der Waals surface area contributed by atoms with Crippen LogP contribution in [0, 0.1) is 0 Å². The zero-order valence-electron chi connectivity index (χ0n) is 17.0. The fraction of sp³-hybridized carbons (Fsp3) is 0.632. The Hall–Kier alpha value is -1.64. The first kappa shape index (κ1) is 23.4. The van der Waals surface area contributed by atoms with E-state index in [2.05, 4.69) is 46.0 Å². The predicted octanol–water partition coefficient (Wildman–Crippen LogP) is 1.64. The number of aliphatic imine (C=N–C) groups is 1. The first-order valence-electron chi connectivity index (χ1n) is 9.67. The van der Waals surface area contributed by atoms with Crippen molar-refractivity contribution in [1.29, 1.82) is 0 Å². The minimum absolute atomic E-state index is 0.273. The highest BCUT2D eigenvalue weighted by molar-refractivity contribution is 7.89. The van der Waals surface area contributed by atoms with Crippen molar-refractivity contribution in [1.82, 2.24) is 20.3 Å². The molecule has 0 saturated heterocycles. The van der Waals surface area contributed by atoms with E-state index in [9.17, 15) is 8.42 Å². The molecule has 0 aliphatic carbocycles. The molecule has 1 atom stereocenters. The normalized spacial score (nSPS) is 13.6. The Morgan fingerprint density at radius 1 is 1.15 bits per heavy atom. The van der Waals surface area contributed by atoms with Crippen LogP contribution in [0.5, 0.6) is 0 Å². The second-order valence-electron chi connectivity index (χ2n) is 6.42. The van der Waals surface area contributed by atoms with Crippen molar-refractivity contribution in [3.8, 4) is 0 Å². The molecule has 27 heavy (non-hydrogen) atoms. The molecule has 1 aromatic carbocycles. The van der Waals surface area contributed by atoms with Gasteiger partial charge in [0.05, 0.1) is 4.90 Å². The number of guanidine groups is 1. The third-order valence-corrected chi connectivity index (χ3v) is 5.85. The molecule has 8 heteroatoms. The van der Waals surface area contributed by atoms with Crippen molar-refractivity contribution in [2.24, 2.45) is 4.99 Å². The molecule has 1 aromatic rings. The molecule has 0 aromatic heterocycles. The highest BCUT2D eigenvalue weighted by atomic mass is 32.2. The monoisotopic (exact) mass is 397 g/mol. The van der Waals surface area contributed by atoms with Crippen molar-refractivity contribution in [2.75, 3.05) is 39.8 Å². The summed E-state index contributed by atoms with van der Waals surface area (Å²) in [5.74, 6) is 0.684. The molecule has 0 amide bonds. The number of hydrogen-bond donors (Lipinski definition) is 3. The summed E-state index contributed by atoms with van der Waals surface area (Å²) >= 11 is 0. The number of hydrogen-bond acceptors (Lipinski definition) is 4. The van der Waals surface area contributed by atoms with Crippen LogP contribution < -0.4 is 15.4 Å². The van der Waals surface area contributed by atoms with Crippen molar-refractivity contribution in [3.63, 3.8) is 0 Å². The Bertz CT molecular complexity index is 645. The average molecular weight is 398 g/mol. The number of nitrogens with zero attached hydrogens (tertiary/aromatic N) is 2. The van der Waals surface area contributed by atoms with Crippen LogP contribution in [0.3, 0.4) is 0 Å². The Labute approximate surface area is 164 Å². The number of sulfonamides is 1. The first-order valence-corrected chi connectivity index (χ1v) is 11.2. The molecule has 1 unspecified atom stereocenters. The molecule has 0 bridgehead atoms. The molecule has 154 valence electrons. The molecule has 0 aliphatic heterocycles. The van der Waals surface area contributed by atoms with Crippen LogP contribution in [0.15, 0.2) is 40.2 Å². The smallest absolute Gasteiger partial charge is 0.240 e. The molecule has 0 fully saturated rings. The molecule has 0 saturated carbocycles. The fourth-order valence-corrected chi connectivity index (χ4v) is 3.76. The van der Waals surface area contributed by atoms with E-state index in [0.717, 1.165) is 32.5 Å². The van der Waals surface area contributed by atoms with E-state index in [1.165, 1.54) is 0 Å². The van der Waals surface area contributed by atoms with Crippen LogP contribution in [-0.2, 0) is 10.0 Å². The number of nitrogens with one attached hydrogen (secondary N) is 3. The van der Waals surface area contributed by atoms with E-state index in [1.807, 2.05) is 0 Å². The van der Waals surface area contributed by atoms with Crippen LogP contribution in [-0.4, -0.2) is 65.1 Å². The highest BCUT2D eigenvalue weighted by Crippen LogP contribution is 2.06. The zero-order valence-corrected chi connectivity index (χ0v) is 17.8. The third-order valence-electron chi connectivity index (χ3n) is 4.38. The quantitative estimate of drug-likeness (QED) is 0.284. The van der Waals surface area contributed by atoms with Crippen LogP contribution >= 0.6 is 0 Å². The Balaban J connectivity index is 2.30. The molecule has 3 N–H and O–H groups in total. The summed E-state index contributed by atoms with van der Waals surface area (Å²) in [7, 11) is -1.75. The van der Waals surface area contributed by atoms with E-state index in [4.69, 9.17) is 0 Å².